The predicted molar refractivity (Wildman–Crippen MR) is 101 cm³/mol. The number of hydrogen-bond donors (Lipinski definition) is 0. The van der Waals surface area contributed by atoms with Gasteiger partial charge in [-0.3, -0.25) is 0 Å². The Kier molecular flexibility index (Phi) is 147. The predicted octanol–water partition coefficient (Wildman–Crippen LogP) is -4.03. The first kappa shape index (κ1) is 79.4. The molecule has 2 aliphatic rings. The van der Waals surface area contributed by atoms with Gasteiger partial charge in [-0.15, -0.1) is 0 Å². The molecule has 0 saturated heterocycles. The van der Waals surface area contributed by atoms with Crippen LogP contribution in [0.2, 0.25) is 0 Å². The summed E-state index contributed by atoms with van der Waals surface area (Å²) < 4.78 is 39.6. The van der Waals surface area contributed by atoms with E-state index < -0.39 is 29.6 Å². The zero-order valence-corrected chi connectivity index (χ0v) is 39.2. The summed E-state index contributed by atoms with van der Waals surface area (Å²) in [7, 11) is -12.7. The molecule has 0 atom stereocenters. The molecule has 0 saturated carbocycles. The molecule has 24 heteroatoms. The summed E-state index contributed by atoms with van der Waals surface area (Å²) in [6.45, 7) is 0. The Hall–Kier alpha value is 3.81. The van der Waals surface area contributed by atoms with Crippen LogP contribution >= 0.6 is 0 Å². The minimum Gasteiger partial charge on any atom is -0.867 e. The van der Waals surface area contributed by atoms with Gasteiger partial charge < -0.3 is 57.5 Å². The average molecular weight is 2000 g/mol. The first-order valence-electron chi connectivity index (χ1n) is 9.36. The maximum absolute atomic E-state index is 9.89. The van der Waals surface area contributed by atoms with Crippen LogP contribution in [0.3, 0.4) is 0 Å². The normalized spacial score (nSPS) is 10.7. The number of allylic oxidation sites excluding steroid dienone is 8. The fourth-order valence-corrected chi connectivity index (χ4v) is 1.71. The fraction of sp³-hybridized carbons (Fsp3) is 0.500. The van der Waals surface area contributed by atoms with Crippen LogP contribution in [-0.4, -0.2) is 29.6 Å². The molecule has 40 heavy (non-hydrogen) atoms. The molecular formula is C16H24B4F4Ir8O8-8. The maximum atomic E-state index is 9.89. The van der Waals surface area contributed by atoms with E-state index in [4.69, 9.17) is 40.2 Å². The second-order valence-electron chi connectivity index (χ2n) is 5.29. The van der Waals surface area contributed by atoms with E-state index in [2.05, 4.69) is 48.6 Å². The molecule has 0 aromatic carbocycles. The van der Waals surface area contributed by atoms with Crippen LogP contribution in [0.4, 0.5) is 17.3 Å². The summed E-state index contributed by atoms with van der Waals surface area (Å²) >= 11 is 0. The van der Waals surface area contributed by atoms with Gasteiger partial charge in [0.25, 0.3) is 0 Å². The van der Waals surface area contributed by atoms with Crippen molar-refractivity contribution in [3.05, 3.63) is 48.6 Å². The Morgan fingerprint density at radius 3 is 0.375 bits per heavy atom. The van der Waals surface area contributed by atoms with Crippen molar-refractivity contribution in [2.45, 2.75) is 51.4 Å². The van der Waals surface area contributed by atoms with Crippen molar-refractivity contribution in [3.63, 3.8) is 0 Å². The Morgan fingerprint density at radius 1 is 0.275 bits per heavy atom. The molecule has 0 aromatic rings. The third-order valence-corrected chi connectivity index (χ3v) is 2.67. The third kappa shape index (κ3) is 177. The Labute approximate surface area is 343 Å². The smallest absolute Gasteiger partial charge is 0.121 e. The van der Waals surface area contributed by atoms with E-state index in [0.717, 1.165) is 0 Å². The van der Waals surface area contributed by atoms with E-state index in [1.807, 2.05) is 0 Å². The molecule has 8 nitrogen and oxygen atoms in total. The van der Waals surface area contributed by atoms with E-state index in [1.165, 1.54) is 51.4 Å². The van der Waals surface area contributed by atoms with Crippen LogP contribution in [-0.2, 0) is 161 Å². The van der Waals surface area contributed by atoms with Gasteiger partial charge in [-0.1, -0.05) is 48.6 Å². The Balaban J connectivity index is -0.0000000233. The summed E-state index contributed by atoms with van der Waals surface area (Å²) in [6.07, 6.45) is 28.0. The molecule has 8 radical (unpaired) electrons. The molecule has 0 amide bonds. The zero-order chi connectivity index (χ0) is 25.6. The van der Waals surface area contributed by atoms with E-state index >= 15 is 0 Å². The maximum Gasteiger partial charge on any atom is 0.121 e. The molecule has 2 aliphatic carbocycles. The van der Waals surface area contributed by atoms with Gasteiger partial charge in [0, 0.05) is 161 Å². The summed E-state index contributed by atoms with van der Waals surface area (Å²) in [5.41, 5.74) is 0. The molecule has 0 fully saturated rings. The largest absolute Gasteiger partial charge is 0.867 e. The minimum absolute atomic E-state index is 0. The van der Waals surface area contributed by atoms with E-state index in [1.54, 1.807) is 0 Å². The van der Waals surface area contributed by atoms with Crippen molar-refractivity contribution < 1.29 is 218 Å². The van der Waals surface area contributed by atoms with Gasteiger partial charge in [-0.25, -0.2) is 0 Å². The van der Waals surface area contributed by atoms with E-state index in [-0.39, 0.29) is 161 Å². The second-order valence-corrected chi connectivity index (χ2v) is 5.29. The van der Waals surface area contributed by atoms with Crippen molar-refractivity contribution in [2.24, 2.45) is 0 Å². The van der Waals surface area contributed by atoms with Crippen molar-refractivity contribution in [1.82, 2.24) is 0 Å². The molecule has 0 spiro atoms. The summed E-state index contributed by atoms with van der Waals surface area (Å²) in [5.74, 6) is 0. The first-order valence-corrected chi connectivity index (χ1v) is 9.36. The molecule has 0 N–H and O–H groups in total. The second kappa shape index (κ2) is 74.0. The molecule has 2 rings (SSSR count). The van der Waals surface area contributed by atoms with Crippen molar-refractivity contribution in [3.8, 4) is 0 Å². The minimum atomic E-state index is -3.17. The zero-order valence-electron chi connectivity index (χ0n) is 20.0. The molecule has 256 valence electrons. The van der Waals surface area contributed by atoms with Crippen LogP contribution in [0.5, 0.6) is 0 Å². The Bertz CT molecular complexity index is 372. The van der Waals surface area contributed by atoms with Crippen molar-refractivity contribution in [2.75, 3.05) is 0 Å². The van der Waals surface area contributed by atoms with Crippen LogP contribution in [0, 0.1) is 0 Å². The monoisotopic (exact) mass is 2010 g/mol. The van der Waals surface area contributed by atoms with Gasteiger partial charge in [0.05, 0.1) is 0 Å². The molecule has 0 aliphatic heterocycles. The van der Waals surface area contributed by atoms with Crippen LogP contribution in [0.15, 0.2) is 48.6 Å². The summed E-state index contributed by atoms with van der Waals surface area (Å²) in [6, 6.07) is 0. The molecule has 0 unspecified atom stereocenters. The van der Waals surface area contributed by atoms with E-state index in [9.17, 15) is 17.3 Å². The SMILES string of the molecule is C1=CCCC=CCC1.C1=CCCC=CCC1.[Ir].[Ir].[Ir].[Ir].[Ir].[Ir].[Ir].[Ir].[O-]B([O-])F.[O-]B([O-])F.[O-]B([O-])F.[O-]B([O-])F. The first-order chi connectivity index (χ1) is 14.9. The van der Waals surface area contributed by atoms with Gasteiger partial charge >= 0.3 is 0 Å². The molecule has 0 heterocycles. The van der Waals surface area contributed by atoms with Gasteiger partial charge in [0.2, 0.25) is 0 Å². The molecule has 0 aromatic heterocycles. The van der Waals surface area contributed by atoms with E-state index in [0.29, 0.717) is 0 Å². The number of hydrogen-bond acceptors (Lipinski definition) is 8. The summed E-state index contributed by atoms with van der Waals surface area (Å²) in [5, 5.41) is 66.4. The summed E-state index contributed by atoms with van der Waals surface area (Å²) in [4.78, 5) is 0. The van der Waals surface area contributed by atoms with Gasteiger partial charge in [0.15, 0.2) is 0 Å². The number of rotatable bonds is 0. The topological polar surface area (TPSA) is 184 Å². The van der Waals surface area contributed by atoms with Gasteiger partial charge in [-0.2, -0.15) is 0 Å². The average Bonchev–Trinajstić information content (AvgIpc) is 2.51. The van der Waals surface area contributed by atoms with Crippen LogP contribution in [0.25, 0.3) is 0 Å². The van der Waals surface area contributed by atoms with Crippen LogP contribution < -0.4 is 40.2 Å². The van der Waals surface area contributed by atoms with Crippen LogP contribution in [0.1, 0.15) is 51.4 Å². The Morgan fingerprint density at radius 2 is 0.325 bits per heavy atom. The molecular weight excluding hydrogens is 1980 g/mol. The van der Waals surface area contributed by atoms with Gasteiger partial charge in [-0.05, 0) is 51.4 Å². The van der Waals surface area contributed by atoms with Crippen molar-refractivity contribution in [1.29, 1.82) is 0 Å². The van der Waals surface area contributed by atoms with Crippen molar-refractivity contribution >= 4 is 29.6 Å². The quantitative estimate of drug-likeness (QED) is 0.134. The third-order valence-electron chi connectivity index (χ3n) is 2.67. The molecule has 0 bridgehead atoms. The standard InChI is InChI=1S/2C8H12.4BFO2.8Ir/c2*1-2-4-6-8-7-5-3-1;4*2-1(3)4;;;;;;;;/h2*1-2,7-8H,3-6H2;;;;;;;;;;;;/q;;4*-2;;;;;;;;. The fourth-order valence-electron chi connectivity index (χ4n) is 1.71. The van der Waals surface area contributed by atoms with Gasteiger partial charge in [0.1, 0.15) is 29.6 Å². The number of halogens is 4.